The van der Waals surface area contributed by atoms with Crippen molar-refractivity contribution in [1.29, 1.82) is 0 Å². The summed E-state index contributed by atoms with van der Waals surface area (Å²) in [5.74, 6) is -1.40. The lowest BCUT2D eigenvalue weighted by Gasteiger charge is -2.14. The van der Waals surface area contributed by atoms with E-state index in [2.05, 4.69) is 0 Å². The third-order valence-corrected chi connectivity index (χ3v) is 3.33. The molecule has 1 aromatic heterocycles. The molecule has 1 aromatic rings. The van der Waals surface area contributed by atoms with Gasteiger partial charge >= 0.3 is 5.97 Å². The molecule has 0 saturated heterocycles. The molecule has 0 spiro atoms. The summed E-state index contributed by atoms with van der Waals surface area (Å²) in [7, 11) is 1.46. The molecule has 7 nitrogen and oxygen atoms in total. The third kappa shape index (κ3) is 3.27. The van der Waals surface area contributed by atoms with E-state index in [4.69, 9.17) is 5.11 Å². The van der Waals surface area contributed by atoms with Crippen LogP contribution in [0.15, 0.2) is 6.07 Å². The van der Waals surface area contributed by atoms with Crippen molar-refractivity contribution >= 4 is 28.9 Å². The maximum absolute atomic E-state index is 11.9. The van der Waals surface area contributed by atoms with Gasteiger partial charge in [0.1, 0.15) is 0 Å². The van der Waals surface area contributed by atoms with Gasteiger partial charge in [-0.25, -0.2) is 0 Å². The summed E-state index contributed by atoms with van der Waals surface area (Å²) in [6.07, 6.45) is -0.158. The van der Waals surface area contributed by atoms with Crippen LogP contribution in [0.1, 0.15) is 21.0 Å². The Morgan fingerprint density at radius 2 is 2.17 bits per heavy atom. The number of carboxylic acid groups (broad SMARTS) is 1. The quantitative estimate of drug-likeness (QED) is 0.646. The van der Waals surface area contributed by atoms with Gasteiger partial charge in [0.25, 0.3) is 11.6 Å². The van der Waals surface area contributed by atoms with Crippen molar-refractivity contribution in [2.45, 2.75) is 13.3 Å². The summed E-state index contributed by atoms with van der Waals surface area (Å²) >= 11 is 1.03. The van der Waals surface area contributed by atoms with Crippen LogP contribution in [-0.2, 0) is 4.79 Å². The predicted molar refractivity (Wildman–Crippen MR) is 64.9 cm³/mol. The first-order valence-corrected chi connectivity index (χ1v) is 5.86. The number of nitrogens with zero attached hydrogens (tertiary/aromatic N) is 2. The van der Waals surface area contributed by atoms with Gasteiger partial charge in [-0.1, -0.05) is 0 Å². The van der Waals surface area contributed by atoms with Crippen LogP contribution in [0, 0.1) is 17.0 Å². The molecule has 1 heterocycles. The standard InChI is InChI=1S/C10H12N2O5S/c1-6-7(12(16)17)5-8(18-6)10(15)11(2)4-3-9(13)14/h5H,3-4H2,1-2H3,(H,13,14). The average molecular weight is 272 g/mol. The highest BCUT2D eigenvalue weighted by Gasteiger charge is 2.21. The molecule has 98 valence electrons. The second-order valence-electron chi connectivity index (χ2n) is 3.68. The highest BCUT2D eigenvalue weighted by atomic mass is 32.1. The average Bonchev–Trinajstić information content (AvgIpc) is 2.67. The monoisotopic (exact) mass is 272 g/mol. The number of thiophene rings is 1. The molecular weight excluding hydrogens is 260 g/mol. The van der Waals surface area contributed by atoms with Gasteiger partial charge in [0, 0.05) is 19.7 Å². The van der Waals surface area contributed by atoms with Crippen LogP contribution < -0.4 is 0 Å². The molecule has 0 aromatic carbocycles. The summed E-state index contributed by atoms with van der Waals surface area (Å²) < 4.78 is 0. The summed E-state index contributed by atoms with van der Waals surface area (Å²) in [6.45, 7) is 1.63. The van der Waals surface area contributed by atoms with E-state index < -0.39 is 16.8 Å². The fourth-order valence-corrected chi connectivity index (χ4v) is 2.29. The Balaban J connectivity index is 2.81. The molecule has 0 saturated carbocycles. The number of amides is 1. The van der Waals surface area contributed by atoms with E-state index in [0.29, 0.717) is 4.88 Å². The Morgan fingerprint density at radius 1 is 1.56 bits per heavy atom. The highest BCUT2D eigenvalue weighted by molar-refractivity contribution is 7.14. The van der Waals surface area contributed by atoms with Crippen LogP contribution in [0.25, 0.3) is 0 Å². The first-order valence-electron chi connectivity index (χ1n) is 5.05. The van der Waals surface area contributed by atoms with Crippen LogP contribution >= 0.6 is 11.3 Å². The minimum Gasteiger partial charge on any atom is -0.481 e. The van der Waals surface area contributed by atoms with E-state index >= 15 is 0 Å². The molecule has 0 aliphatic rings. The number of nitro groups is 1. The van der Waals surface area contributed by atoms with Crippen LogP contribution in [0.5, 0.6) is 0 Å². The molecule has 0 bridgehead atoms. The summed E-state index contributed by atoms with van der Waals surface area (Å²) in [5, 5.41) is 19.2. The van der Waals surface area contributed by atoms with E-state index in [-0.39, 0.29) is 23.5 Å². The first kappa shape index (κ1) is 14.1. The summed E-state index contributed by atoms with van der Waals surface area (Å²) in [6, 6.07) is 1.22. The fraction of sp³-hybridized carbons (Fsp3) is 0.400. The molecule has 1 N–H and O–H groups in total. The van der Waals surface area contributed by atoms with Gasteiger partial charge in [-0.15, -0.1) is 11.3 Å². The molecule has 18 heavy (non-hydrogen) atoms. The van der Waals surface area contributed by atoms with Crippen molar-refractivity contribution in [3.8, 4) is 0 Å². The van der Waals surface area contributed by atoms with Crippen molar-refractivity contribution in [3.05, 3.63) is 25.9 Å². The molecule has 0 aliphatic heterocycles. The van der Waals surface area contributed by atoms with Crippen LogP contribution in [0.3, 0.4) is 0 Å². The highest BCUT2D eigenvalue weighted by Crippen LogP contribution is 2.28. The lowest BCUT2D eigenvalue weighted by atomic mass is 10.3. The molecule has 8 heteroatoms. The van der Waals surface area contributed by atoms with Crippen LogP contribution in [0.4, 0.5) is 5.69 Å². The molecular formula is C10H12N2O5S. The number of hydrogen-bond donors (Lipinski definition) is 1. The third-order valence-electron chi connectivity index (χ3n) is 2.31. The molecule has 0 atom stereocenters. The van der Waals surface area contributed by atoms with Gasteiger partial charge in [-0.2, -0.15) is 0 Å². The molecule has 1 rings (SSSR count). The Bertz CT molecular complexity index is 496. The lowest BCUT2D eigenvalue weighted by Crippen LogP contribution is -2.28. The minimum absolute atomic E-state index is 0.0684. The van der Waals surface area contributed by atoms with E-state index in [0.717, 1.165) is 11.3 Å². The van der Waals surface area contributed by atoms with Crippen LogP contribution in [0.2, 0.25) is 0 Å². The number of carbonyl (C=O) groups excluding carboxylic acids is 1. The fourth-order valence-electron chi connectivity index (χ4n) is 1.31. The lowest BCUT2D eigenvalue weighted by molar-refractivity contribution is -0.385. The number of hydrogen-bond acceptors (Lipinski definition) is 5. The maximum Gasteiger partial charge on any atom is 0.305 e. The largest absolute Gasteiger partial charge is 0.481 e. The van der Waals surface area contributed by atoms with E-state index in [1.54, 1.807) is 6.92 Å². The van der Waals surface area contributed by atoms with Gasteiger partial charge in [-0.3, -0.25) is 19.7 Å². The maximum atomic E-state index is 11.9. The molecule has 0 fully saturated rings. The van der Waals surface area contributed by atoms with Crippen LogP contribution in [-0.4, -0.2) is 40.4 Å². The van der Waals surface area contributed by atoms with Gasteiger partial charge in [0.15, 0.2) is 0 Å². The Morgan fingerprint density at radius 3 is 2.61 bits per heavy atom. The topological polar surface area (TPSA) is 101 Å². The van der Waals surface area contributed by atoms with Crippen molar-refractivity contribution in [2.24, 2.45) is 0 Å². The van der Waals surface area contributed by atoms with Gasteiger partial charge in [-0.05, 0) is 6.92 Å². The predicted octanol–water partition coefficient (Wildman–Crippen LogP) is 1.51. The van der Waals surface area contributed by atoms with Crippen molar-refractivity contribution in [1.82, 2.24) is 4.90 Å². The first-order chi connectivity index (χ1) is 8.32. The Hall–Kier alpha value is -1.96. The number of carbonyl (C=O) groups is 2. The zero-order valence-electron chi connectivity index (χ0n) is 9.87. The smallest absolute Gasteiger partial charge is 0.305 e. The zero-order chi connectivity index (χ0) is 13.9. The number of rotatable bonds is 5. The second kappa shape index (κ2) is 5.58. The van der Waals surface area contributed by atoms with Crippen molar-refractivity contribution < 1.29 is 19.6 Å². The van der Waals surface area contributed by atoms with E-state index in [9.17, 15) is 19.7 Å². The number of aryl methyl sites for hydroxylation is 1. The second-order valence-corrected chi connectivity index (χ2v) is 4.94. The molecule has 0 aliphatic carbocycles. The van der Waals surface area contributed by atoms with Crippen molar-refractivity contribution in [3.63, 3.8) is 0 Å². The molecule has 1 amide bonds. The SMILES string of the molecule is Cc1sc(C(=O)N(C)CCC(=O)O)cc1[N+](=O)[O-]. The minimum atomic E-state index is -0.997. The Labute approximate surface area is 107 Å². The molecule has 0 radical (unpaired) electrons. The van der Waals surface area contributed by atoms with Gasteiger partial charge in [0.2, 0.25) is 0 Å². The molecule has 0 unspecified atom stereocenters. The van der Waals surface area contributed by atoms with Crippen molar-refractivity contribution in [2.75, 3.05) is 13.6 Å². The normalized spacial score (nSPS) is 10.1. The Kier molecular flexibility index (Phi) is 4.38. The van der Waals surface area contributed by atoms with E-state index in [1.165, 1.54) is 18.0 Å². The summed E-state index contributed by atoms with van der Waals surface area (Å²) in [4.78, 5) is 34.3. The number of carboxylic acids is 1. The number of aliphatic carboxylic acids is 1. The van der Waals surface area contributed by atoms with Gasteiger partial charge in [0.05, 0.1) is 21.1 Å². The summed E-state index contributed by atoms with van der Waals surface area (Å²) in [5.41, 5.74) is -0.0880. The van der Waals surface area contributed by atoms with E-state index in [1.807, 2.05) is 0 Å². The van der Waals surface area contributed by atoms with Gasteiger partial charge < -0.3 is 10.0 Å². The zero-order valence-corrected chi connectivity index (χ0v) is 10.7.